The average Bonchev–Trinajstić information content (AvgIpc) is 2.95. The Morgan fingerprint density at radius 1 is 1.07 bits per heavy atom. The Hall–Kier alpha value is -1.42. The molecule has 3 fully saturated rings. The molecule has 0 aromatic rings. The number of carbonyl (C=O) groups is 1. The zero-order valence-corrected chi connectivity index (χ0v) is 17.2. The van der Waals surface area contributed by atoms with Crippen molar-refractivity contribution in [2.45, 2.75) is 70.8 Å². The standard InChI is InChI=1S/C24H33NO3/c1-22-10-7-17(25)13-16(22)4-5-20-19(22)8-11-23(2)18(9-12-24(20,23)27)15-3-6-21(26)28-14-15/h3,6,13,15,18-20,25,27H,4-5,7-12,14H2,1-2H3/t15?,18-,19?,20?,22+,23-,24+/m1/s1. The number of esters is 1. The second kappa shape index (κ2) is 6.04. The van der Waals surface area contributed by atoms with Gasteiger partial charge in [-0.3, -0.25) is 0 Å². The maximum atomic E-state index is 12.2. The summed E-state index contributed by atoms with van der Waals surface area (Å²) < 4.78 is 5.33. The van der Waals surface area contributed by atoms with Gasteiger partial charge in [-0.2, -0.15) is 0 Å². The molecule has 0 radical (unpaired) electrons. The lowest BCUT2D eigenvalue weighted by atomic mass is 9.45. The van der Waals surface area contributed by atoms with E-state index in [-0.39, 0.29) is 22.7 Å². The van der Waals surface area contributed by atoms with E-state index in [1.807, 2.05) is 6.08 Å². The summed E-state index contributed by atoms with van der Waals surface area (Å²) >= 11 is 0. The van der Waals surface area contributed by atoms with Gasteiger partial charge in [-0.15, -0.1) is 0 Å². The highest BCUT2D eigenvalue weighted by Crippen LogP contribution is 2.69. The van der Waals surface area contributed by atoms with Crippen LogP contribution in [0.1, 0.15) is 65.2 Å². The molecular formula is C24H33NO3. The molecule has 1 heterocycles. The van der Waals surface area contributed by atoms with Crippen LogP contribution in [0.5, 0.6) is 0 Å². The number of carbonyl (C=O) groups excluding carboxylic acids is 1. The van der Waals surface area contributed by atoms with Gasteiger partial charge in [0.2, 0.25) is 0 Å². The molecule has 4 heteroatoms. The molecule has 0 amide bonds. The van der Waals surface area contributed by atoms with Crippen LogP contribution in [0, 0.1) is 39.9 Å². The number of rotatable bonds is 1. The van der Waals surface area contributed by atoms with Gasteiger partial charge < -0.3 is 15.3 Å². The molecule has 3 saturated carbocycles. The summed E-state index contributed by atoms with van der Waals surface area (Å²) in [5, 5.41) is 20.3. The second-order valence-electron chi connectivity index (χ2n) is 10.5. The van der Waals surface area contributed by atoms with Crippen LogP contribution in [-0.4, -0.2) is 29.0 Å². The molecule has 2 N–H and O–H groups in total. The fraction of sp³-hybridized carbons (Fsp3) is 0.750. The van der Waals surface area contributed by atoms with E-state index < -0.39 is 5.60 Å². The van der Waals surface area contributed by atoms with E-state index in [0.29, 0.717) is 24.4 Å². The van der Waals surface area contributed by atoms with Gasteiger partial charge in [0, 0.05) is 23.1 Å². The summed E-state index contributed by atoms with van der Waals surface area (Å²) in [7, 11) is 0. The number of fused-ring (bicyclic) bond motifs is 5. The first-order valence-electron chi connectivity index (χ1n) is 11.1. The second-order valence-corrected chi connectivity index (χ2v) is 10.5. The van der Waals surface area contributed by atoms with Crippen molar-refractivity contribution in [1.82, 2.24) is 0 Å². The highest BCUT2D eigenvalue weighted by atomic mass is 16.5. The van der Waals surface area contributed by atoms with E-state index in [4.69, 9.17) is 10.1 Å². The topological polar surface area (TPSA) is 70.4 Å². The van der Waals surface area contributed by atoms with Gasteiger partial charge in [-0.25, -0.2) is 4.79 Å². The van der Waals surface area contributed by atoms with Crippen molar-refractivity contribution in [3.05, 3.63) is 23.8 Å². The minimum absolute atomic E-state index is 0.105. The molecule has 0 spiro atoms. The smallest absolute Gasteiger partial charge is 0.330 e. The largest absolute Gasteiger partial charge is 0.462 e. The fourth-order valence-electron chi connectivity index (χ4n) is 8.02. The Morgan fingerprint density at radius 3 is 2.61 bits per heavy atom. The lowest BCUT2D eigenvalue weighted by molar-refractivity contribution is -0.187. The number of allylic oxidation sites excluding steroid dienone is 2. The molecule has 0 aromatic carbocycles. The number of nitrogens with one attached hydrogen (secondary N) is 1. The monoisotopic (exact) mass is 383 g/mol. The summed E-state index contributed by atoms with van der Waals surface area (Å²) in [6.45, 7) is 5.19. The zero-order valence-electron chi connectivity index (χ0n) is 17.2. The molecule has 0 bridgehead atoms. The van der Waals surface area contributed by atoms with E-state index in [1.165, 1.54) is 5.57 Å². The highest BCUT2D eigenvalue weighted by Gasteiger charge is 2.67. The first-order valence-corrected chi connectivity index (χ1v) is 11.1. The molecule has 5 rings (SSSR count). The Labute approximate surface area is 167 Å². The van der Waals surface area contributed by atoms with Gasteiger partial charge in [0.05, 0.1) is 12.2 Å². The van der Waals surface area contributed by atoms with E-state index >= 15 is 0 Å². The molecule has 3 unspecified atom stereocenters. The van der Waals surface area contributed by atoms with E-state index in [2.05, 4.69) is 19.9 Å². The maximum absolute atomic E-state index is 12.2. The van der Waals surface area contributed by atoms with Crippen LogP contribution >= 0.6 is 0 Å². The lowest BCUT2D eigenvalue weighted by Gasteiger charge is -2.62. The summed E-state index contributed by atoms with van der Waals surface area (Å²) in [6, 6.07) is 0. The molecule has 28 heavy (non-hydrogen) atoms. The van der Waals surface area contributed by atoms with E-state index in [9.17, 15) is 9.90 Å². The molecule has 0 saturated heterocycles. The van der Waals surface area contributed by atoms with Crippen molar-refractivity contribution in [3.8, 4) is 0 Å². The Bertz CT molecular complexity index is 785. The van der Waals surface area contributed by atoms with Crippen LogP contribution < -0.4 is 0 Å². The number of hydrogen-bond donors (Lipinski definition) is 2. The van der Waals surface area contributed by atoms with Crippen molar-refractivity contribution < 1.29 is 14.6 Å². The Morgan fingerprint density at radius 2 is 1.86 bits per heavy atom. The fourth-order valence-corrected chi connectivity index (χ4v) is 8.02. The SMILES string of the molecule is C[C@]12CCC(=N)C=C1CCC1C2CC[C@]2(C)[C@@H](C3C=CC(=O)OC3)CC[C@]12O. The molecule has 1 aliphatic heterocycles. The van der Waals surface area contributed by atoms with Crippen molar-refractivity contribution in [2.24, 2.45) is 34.5 Å². The van der Waals surface area contributed by atoms with Crippen LogP contribution in [0.15, 0.2) is 23.8 Å². The van der Waals surface area contributed by atoms with Crippen LogP contribution in [0.2, 0.25) is 0 Å². The van der Waals surface area contributed by atoms with Crippen molar-refractivity contribution >= 4 is 11.7 Å². The first kappa shape index (κ1) is 18.6. The Kier molecular flexibility index (Phi) is 4.01. The van der Waals surface area contributed by atoms with E-state index in [1.54, 1.807) is 6.08 Å². The van der Waals surface area contributed by atoms with Crippen LogP contribution in [0.4, 0.5) is 0 Å². The number of hydrogen-bond acceptors (Lipinski definition) is 4. The summed E-state index contributed by atoms with van der Waals surface area (Å²) in [4.78, 5) is 11.5. The van der Waals surface area contributed by atoms with Gasteiger partial charge in [-0.1, -0.05) is 25.5 Å². The van der Waals surface area contributed by atoms with Gasteiger partial charge in [-0.05, 0) is 80.6 Å². The first-order chi connectivity index (χ1) is 13.3. The molecule has 0 aromatic heterocycles. The minimum Gasteiger partial charge on any atom is -0.462 e. The minimum atomic E-state index is -0.616. The molecule has 5 aliphatic rings. The third-order valence-electron chi connectivity index (χ3n) is 9.67. The van der Waals surface area contributed by atoms with Gasteiger partial charge in [0.15, 0.2) is 0 Å². The van der Waals surface area contributed by atoms with Gasteiger partial charge in [0.25, 0.3) is 0 Å². The van der Waals surface area contributed by atoms with Gasteiger partial charge >= 0.3 is 5.97 Å². The predicted molar refractivity (Wildman–Crippen MR) is 108 cm³/mol. The molecule has 4 aliphatic carbocycles. The Balaban J connectivity index is 1.47. The normalized spacial score (nSPS) is 50.3. The number of aliphatic hydroxyl groups is 1. The third kappa shape index (κ3) is 2.33. The number of cyclic esters (lactones) is 1. The summed E-state index contributed by atoms with van der Waals surface area (Å²) in [5.41, 5.74) is 1.68. The van der Waals surface area contributed by atoms with Crippen molar-refractivity contribution in [2.75, 3.05) is 6.61 Å². The molecule has 4 nitrogen and oxygen atoms in total. The van der Waals surface area contributed by atoms with Crippen LogP contribution in [0.3, 0.4) is 0 Å². The maximum Gasteiger partial charge on any atom is 0.330 e. The number of ether oxygens (including phenoxy) is 1. The van der Waals surface area contributed by atoms with Crippen LogP contribution in [-0.2, 0) is 9.53 Å². The summed E-state index contributed by atoms with van der Waals surface area (Å²) in [5.74, 6) is 1.25. The predicted octanol–water partition coefficient (Wildman–Crippen LogP) is 4.43. The highest BCUT2D eigenvalue weighted by molar-refractivity contribution is 5.94. The third-order valence-corrected chi connectivity index (χ3v) is 9.67. The van der Waals surface area contributed by atoms with Crippen LogP contribution in [0.25, 0.3) is 0 Å². The molecule has 7 atom stereocenters. The molecular weight excluding hydrogens is 350 g/mol. The quantitative estimate of drug-likeness (QED) is 0.658. The van der Waals surface area contributed by atoms with Gasteiger partial charge in [0.1, 0.15) is 0 Å². The summed E-state index contributed by atoms with van der Waals surface area (Å²) in [6.07, 6.45) is 13.9. The van der Waals surface area contributed by atoms with Crippen molar-refractivity contribution in [3.63, 3.8) is 0 Å². The molecule has 152 valence electrons. The zero-order chi connectivity index (χ0) is 19.7. The lowest BCUT2D eigenvalue weighted by Crippen LogP contribution is -2.61. The van der Waals surface area contributed by atoms with E-state index in [0.717, 1.165) is 57.1 Å². The average molecular weight is 384 g/mol. The van der Waals surface area contributed by atoms with Crippen molar-refractivity contribution in [1.29, 1.82) is 5.41 Å².